The van der Waals surface area contributed by atoms with E-state index in [0.29, 0.717) is 5.92 Å². The van der Waals surface area contributed by atoms with Crippen molar-refractivity contribution >= 4 is 0 Å². The average Bonchev–Trinajstić information content (AvgIpc) is 2.15. The van der Waals surface area contributed by atoms with E-state index in [1.54, 1.807) is 6.20 Å². The summed E-state index contributed by atoms with van der Waals surface area (Å²) >= 11 is 0. The van der Waals surface area contributed by atoms with Crippen LogP contribution in [0.1, 0.15) is 38.8 Å². The molecule has 0 aliphatic heterocycles. The summed E-state index contributed by atoms with van der Waals surface area (Å²) in [6.45, 7) is 7.13. The monoisotopic (exact) mass is 179 g/mol. The van der Waals surface area contributed by atoms with Gasteiger partial charge in [-0.1, -0.05) is 20.8 Å². The molecule has 0 bridgehead atoms. The van der Waals surface area contributed by atoms with Crippen molar-refractivity contribution in [2.45, 2.75) is 33.1 Å². The zero-order chi connectivity index (χ0) is 9.68. The standard InChI is InChI=1S/C11H17NO/c1-4-7-13-10-5-6-11(9(2)3)12-8-10/h5-6,8-9H,4,7H2,1-3H3. The highest BCUT2D eigenvalue weighted by Crippen LogP contribution is 2.15. The lowest BCUT2D eigenvalue weighted by atomic mass is 10.1. The zero-order valence-electron chi connectivity index (χ0n) is 8.58. The Bertz CT molecular complexity index is 241. The summed E-state index contributed by atoms with van der Waals surface area (Å²) < 4.78 is 5.43. The molecule has 1 aromatic heterocycles. The topological polar surface area (TPSA) is 22.1 Å². The van der Waals surface area contributed by atoms with Crippen LogP contribution in [0.2, 0.25) is 0 Å². The second kappa shape index (κ2) is 4.85. The lowest BCUT2D eigenvalue weighted by molar-refractivity contribution is 0.316. The summed E-state index contributed by atoms with van der Waals surface area (Å²) in [5.41, 5.74) is 1.11. The van der Waals surface area contributed by atoms with Gasteiger partial charge < -0.3 is 4.74 Å². The van der Waals surface area contributed by atoms with Gasteiger partial charge in [-0.25, -0.2) is 0 Å². The normalized spacial score (nSPS) is 10.5. The number of nitrogens with zero attached hydrogens (tertiary/aromatic N) is 1. The van der Waals surface area contributed by atoms with Crippen molar-refractivity contribution < 1.29 is 4.74 Å². The van der Waals surface area contributed by atoms with Gasteiger partial charge in [0.25, 0.3) is 0 Å². The van der Waals surface area contributed by atoms with Crippen LogP contribution in [0.4, 0.5) is 0 Å². The lowest BCUT2D eigenvalue weighted by Crippen LogP contribution is -1.97. The fourth-order valence-electron chi connectivity index (χ4n) is 1.04. The van der Waals surface area contributed by atoms with E-state index in [-0.39, 0.29) is 0 Å². The van der Waals surface area contributed by atoms with Crippen LogP contribution in [-0.2, 0) is 0 Å². The Kier molecular flexibility index (Phi) is 3.74. The molecule has 1 aromatic rings. The minimum absolute atomic E-state index is 0.486. The van der Waals surface area contributed by atoms with Gasteiger partial charge >= 0.3 is 0 Å². The summed E-state index contributed by atoms with van der Waals surface area (Å²) in [5.74, 6) is 1.35. The minimum Gasteiger partial charge on any atom is -0.492 e. The molecule has 0 fully saturated rings. The third-order valence-corrected chi connectivity index (χ3v) is 1.82. The van der Waals surface area contributed by atoms with Crippen molar-refractivity contribution in [1.82, 2.24) is 4.98 Å². The van der Waals surface area contributed by atoms with E-state index < -0.39 is 0 Å². The molecule has 0 amide bonds. The number of rotatable bonds is 4. The van der Waals surface area contributed by atoms with Crippen LogP contribution in [0.5, 0.6) is 5.75 Å². The molecule has 0 aromatic carbocycles. The summed E-state index contributed by atoms with van der Waals surface area (Å²) in [7, 11) is 0. The van der Waals surface area contributed by atoms with E-state index in [9.17, 15) is 0 Å². The number of aromatic nitrogens is 1. The predicted molar refractivity (Wildman–Crippen MR) is 54.1 cm³/mol. The second-order valence-corrected chi connectivity index (χ2v) is 3.42. The molecule has 1 heterocycles. The average molecular weight is 179 g/mol. The van der Waals surface area contributed by atoms with E-state index in [2.05, 4.69) is 25.8 Å². The van der Waals surface area contributed by atoms with Crippen molar-refractivity contribution in [3.63, 3.8) is 0 Å². The van der Waals surface area contributed by atoms with Gasteiger partial charge in [-0.15, -0.1) is 0 Å². The molecule has 0 atom stereocenters. The Morgan fingerprint density at radius 1 is 1.38 bits per heavy atom. The molecule has 0 N–H and O–H groups in total. The number of pyridine rings is 1. The van der Waals surface area contributed by atoms with Gasteiger partial charge in [0.05, 0.1) is 12.8 Å². The molecule has 2 heteroatoms. The zero-order valence-corrected chi connectivity index (χ0v) is 8.58. The molecule has 0 saturated heterocycles. The van der Waals surface area contributed by atoms with Crippen LogP contribution < -0.4 is 4.74 Å². The highest BCUT2D eigenvalue weighted by molar-refractivity contribution is 5.21. The van der Waals surface area contributed by atoms with Crippen LogP contribution in [0.15, 0.2) is 18.3 Å². The molecule has 72 valence electrons. The first kappa shape index (κ1) is 10.0. The van der Waals surface area contributed by atoms with Gasteiger partial charge in [-0.2, -0.15) is 0 Å². The maximum atomic E-state index is 5.43. The Labute approximate surface area is 80.0 Å². The van der Waals surface area contributed by atoms with Gasteiger partial charge in [-0.05, 0) is 24.5 Å². The first-order chi connectivity index (χ1) is 6.24. The molecule has 0 spiro atoms. The van der Waals surface area contributed by atoms with E-state index in [1.807, 2.05) is 12.1 Å². The smallest absolute Gasteiger partial charge is 0.137 e. The Morgan fingerprint density at radius 3 is 2.62 bits per heavy atom. The van der Waals surface area contributed by atoms with E-state index >= 15 is 0 Å². The molecular formula is C11H17NO. The molecule has 0 aliphatic rings. The summed E-state index contributed by atoms with van der Waals surface area (Å²) in [5, 5.41) is 0. The first-order valence-electron chi connectivity index (χ1n) is 4.82. The van der Waals surface area contributed by atoms with Gasteiger partial charge in [0, 0.05) is 5.69 Å². The maximum Gasteiger partial charge on any atom is 0.137 e. The van der Waals surface area contributed by atoms with E-state index in [4.69, 9.17) is 4.74 Å². The van der Waals surface area contributed by atoms with Gasteiger partial charge in [0.15, 0.2) is 0 Å². The van der Waals surface area contributed by atoms with Crippen molar-refractivity contribution in [3.05, 3.63) is 24.0 Å². The molecule has 2 nitrogen and oxygen atoms in total. The molecule has 1 rings (SSSR count). The Hall–Kier alpha value is -1.05. The molecule has 0 radical (unpaired) electrons. The number of hydrogen-bond acceptors (Lipinski definition) is 2. The molecule has 0 unspecified atom stereocenters. The van der Waals surface area contributed by atoms with Crippen LogP contribution in [0.3, 0.4) is 0 Å². The first-order valence-corrected chi connectivity index (χ1v) is 4.82. The van der Waals surface area contributed by atoms with Crippen LogP contribution >= 0.6 is 0 Å². The lowest BCUT2D eigenvalue weighted by Gasteiger charge is -2.06. The highest BCUT2D eigenvalue weighted by atomic mass is 16.5. The van der Waals surface area contributed by atoms with Crippen LogP contribution in [-0.4, -0.2) is 11.6 Å². The third kappa shape index (κ3) is 3.05. The van der Waals surface area contributed by atoms with Gasteiger partial charge in [0.2, 0.25) is 0 Å². The Balaban J connectivity index is 2.59. The van der Waals surface area contributed by atoms with Crippen molar-refractivity contribution in [1.29, 1.82) is 0 Å². The van der Waals surface area contributed by atoms with Crippen molar-refractivity contribution in [2.75, 3.05) is 6.61 Å². The molecule has 0 aliphatic carbocycles. The summed E-state index contributed by atoms with van der Waals surface area (Å²) in [4.78, 5) is 4.31. The molecular weight excluding hydrogens is 162 g/mol. The van der Waals surface area contributed by atoms with Gasteiger partial charge in [-0.3, -0.25) is 4.98 Å². The van der Waals surface area contributed by atoms with Crippen molar-refractivity contribution in [3.8, 4) is 5.75 Å². The fraction of sp³-hybridized carbons (Fsp3) is 0.545. The quantitative estimate of drug-likeness (QED) is 0.708. The van der Waals surface area contributed by atoms with Crippen LogP contribution in [0.25, 0.3) is 0 Å². The minimum atomic E-state index is 0.486. The highest BCUT2D eigenvalue weighted by Gasteiger charge is 2.00. The summed E-state index contributed by atoms with van der Waals surface area (Å²) in [6, 6.07) is 4.01. The fourth-order valence-corrected chi connectivity index (χ4v) is 1.04. The molecule has 13 heavy (non-hydrogen) atoms. The maximum absolute atomic E-state index is 5.43. The largest absolute Gasteiger partial charge is 0.492 e. The van der Waals surface area contributed by atoms with Gasteiger partial charge in [0.1, 0.15) is 5.75 Å². The molecule has 0 saturated carbocycles. The van der Waals surface area contributed by atoms with E-state index in [1.165, 1.54) is 0 Å². The second-order valence-electron chi connectivity index (χ2n) is 3.42. The summed E-state index contributed by atoms with van der Waals surface area (Å²) in [6.07, 6.45) is 2.83. The predicted octanol–water partition coefficient (Wildman–Crippen LogP) is 2.99. The third-order valence-electron chi connectivity index (χ3n) is 1.82. The SMILES string of the molecule is CCCOc1ccc(C(C)C)nc1. The van der Waals surface area contributed by atoms with Crippen LogP contribution in [0, 0.1) is 0 Å². The van der Waals surface area contributed by atoms with Crippen molar-refractivity contribution in [2.24, 2.45) is 0 Å². The number of ether oxygens (including phenoxy) is 1. The Morgan fingerprint density at radius 2 is 2.15 bits per heavy atom. The number of hydrogen-bond donors (Lipinski definition) is 0. The van der Waals surface area contributed by atoms with E-state index in [0.717, 1.165) is 24.5 Å².